The van der Waals surface area contributed by atoms with E-state index in [0.717, 1.165) is 43.3 Å². The smallest absolute Gasteiger partial charge is 0.348 e. The molecule has 0 aromatic carbocycles. The van der Waals surface area contributed by atoms with Gasteiger partial charge in [-0.15, -0.1) is 11.3 Å². The monoisotopic (exact) mass is 494 g/mol. The van der Waals surface area contributed by atoms with Gasteiger partial charge in [0.1, 0.15) is 4.88 Å². The third-order valence-electron chi connectivity index (χ3n) is 6.29. The molecule has 3 rings (SSSR count). The highest BCUT2D eigenvalue weighted by atomic mass is 32.2. The number of thiophene rings is 1. The molecule has 1 aliphatic heterocycles. The van der Waals surface area contributed by atoms with Gasteiger partial charge in [0, 0.05) is 24.4 Å². The Morgan fingerprint density at radius 2 is 1.82 bits per heavy atom. The van der Waals surface area contributed by atoms with E-state index in [0.29, 0.717) is 29.4 Å². The van der Waals surface area contributed by atoms with Crippen LogP contribution in [0.25, 0.3) is 0 Å². The van der Waals surface area contributed by atoms with Crippen LogP contribution in [0.1, 0.15) is 74.3 Å². The zero-order valence-corrected chi connectivity index (χ0v) is 21.7. The van der Waals surface area contributed by atoms with Crippen LogP contribution in [-0.2, 0) is 14.8 Å². The lowest BCUT2D eigenvalue weighted by Crippen LogP contribution is -2.46. The van der Waals surface area contributed by atoms with Crippen molar-refractivity contribution in [2.24, 2.45) is 17.3 Å². The van der Waals surface area contributed by atoms with Gasteiger partial charge in [-0.25, -0.2) is 17.5 Å². The minimum absolute atomic E-state index is 0.0727. The van der Waals surface area contributed by atoms with Crippen LogP contribution in [-0.4, -0.2) is 55.1 Å². The van der Waals surface area contributed by atoms with E-state index < -0.39 is 22.0 Å². The SMILES string of the molecule is CC1CCC(C(=O)N(c2cc(C#CC(C)(C)C)sc2C(=O)O)[C@@H]2CCN(S(C)(=O)=O)C2)CC1. The fraction of sp³-hybridized carbons (Fsp3) is 0.667. The van der Waals surface area contributed by atoms with E-state index in [1.807, 2.05) is 20.8 Å². The number of carbonyl (C=O) groups is 2. The zero-order chi connectivity index (χ0) is 24.6. The summed E-state index contributed by atoms with van der Waals surface area (Å²) in [5.74, 6) is 5.38. The summed E-state index contributed by atoms with van der Waals surface area (Å²) in [5, 5.41) is 9.92. The maximum absolute atomic E-state index is 13.8. The van der Waals surface area contributed by atoms with Gasteiger partial charge in [0.2, 0.25) is 15.9 Å². The van der Waals surface area contributed by atoms with Gasteiger partial charge in [-0.05, 0) is 64.9 Å². The predicted octanol–water partition coefficient (Wildman–Crippen LogP) is 4.04. The van der Waals surface area contributed by atoms with Crippen LogP contribution in [0.2, 0.25) is 0 Å². The number of carboxylic acids is 1. The number of amides is 1. The van der Waals surface area contributed by atoms with Crippen LogP contribution >= 0.6 is 11.3 Å². The predicted molar refractivity (Wildman–Crippen MR) is 131 cm³/mol. The van der Waals surface area contributed by atoms with E-state index in [1.165, 1.54) is 4.31 Å². The lowest BCUT2D eigenvalue weighted by molar-refractivity contribution is -0.124. The van der Waals surface area contributed by atoms with Crippen LogP contribution in [0.15, 0.2) is 6.07 Å². The molecule has 2 fully saturated rings. The number of anilines is 1. The first-order chi connectivity index (χ1) is 15.3. The van der Waals surface area contributed by atoms with Gasteiger partial charge < -0.3 is 10.0 Å². The first-order valence-electron chi connectivity index (χ1n) is 11.4. The highest BCUT2D eigenvalue weighted by Gasteiger charge is 2.40. The molecule has 182 valence electrons. The number of aromatic carboxylic acids is 1. The van der Waals surface area contributed by atoms with Gasteiger partial charge in [-0.1, -0.05) is 18.8 Å². The van der Waals surface area contributed by atoms with E-state index in [2.05, 4.69) is 18.8 Å². The molecule has 1 amide bonds. The molecule has 0 unspecified atom stereocenters. The lowest BCUT2D eigenvalue weighted by atomic mass is 9.82. The van der Waals surface area contributed by atoms with Gasteiger partial charge in [0.25, 0.3) is 0 Å². The molecule has 0 spiro atoms. The second kappa shape index (κ2) is 9.77. The Kier molecular flexibility index (Phi) is 7.62. The molecule has 7 nitrogen and oxygen atoms in total. The molecule has 1 saturated carbocycles. The normalized spacial score (nSPS) is 24.2. The van der Waals surface area contributed by atoms with E-state index in [4.69, 9.17) is 0 Å². The standard InChI is InChI=1S/C24H34N2O5S2/c1-16-6-8-17(9-7-16)22(27)26(18-11-13-25(15-18)33(5,30)31)20-14-19(10-12-24(2,3)4)32-21(20)23(28)29/h14,16-18H,6-9,11,13,15H2,1-5H3,(H,28,29)/t16?,17?,18-/m1/s1. The van der Waals surface area contributed by atoms with Crippen molar-refractivity contribution in [3.8, 4) is 11.8 Å². The number of sulfonamides is 1. The van der Waals surface area contributed by atoms with Crippen molar-refractivity contribution >= 4 is 38.9 Å². The van der Waals surface area contributed by atoms with Crippen molar-refractivity contribution in [2.75, 3.05) is 24.2 Å². The van der Waals surface area contributed by atoms with E-state index in [9.17, 15) is 23.1 Å². The molecule has 1 N–H and O–H groups in total. The summed E-state index contributed by atoms with van der Waals surface area (Å²) in [6, 6.07) is 1.29. The van der Waals surface area contributed by atoms with Gasteiger partial charge in [0.05, 0.1) is 22.9 Å². The second-order valence-corrected chi connectivity index (χ2v) is 13.4. The Morgan fingerprint density at radius 1 is 1.18 bits per heavy atom. The maximum Gasteiger partial charge on any atom is 0.348 e. The first-order valence-corrected chi connectivity index (χ1v) is 14.1. The Balaban J connectivity index is 2.03. The summed E-state index contributed by atoms with van der Waals surface area (Å²) in [7, 11) is -3.40. The Labute approximate surface area is 201 Å². The van der Waals surface area contributed by atoms with Crippen LogP contribution in [0.3, 0.4) is 0 Å². The molecule has 0 radical (unpaired) electrons. The van der Waals surface area contributed by atoms with E-state index >= 15 is 0 Å². The molecule has 33 heavy (non-hydrogen) atoms. The third-order valence-corrected chi connectivity index (χ3v) is 8.59. The fourth-order valence-corrected chi connectivity index (χ4v) is 6.17. The fourth-order valence-electron chi connectivity index (χ4n) is 4.45. The zero-order valence-electron chi connectivity index (χ0n) is 20.1. The summed E-state index contributed by atoms with van der Waals surface area (Å²) >= 11 is 1.07. The number of rotatable bonds is 5. The number of hydrogen-bond donors (Lipinski definition) is 1. The van der Waals surface area contributed by atoms with E-state index in [1.54, 1.807) is 11.0 Å². The molecule has 1 aliphatic carbocycles. The molecule has 1 aromatic heterocycles. The van der Waals surface area contributed by atoms with Crippen molar-refractivity contribution in [3.05, 3.63) is 15.8 Å². The molecular weight excluding hydrogens is 460 g/mol. The first kappa shape index (κ1) is 25.7. The molecule has 2 aliphatic rings. The molecule has 2 heterocycles. The summed E-state index contributed by atoms with van der Waals surface area (Å²) < 4.78 is 25.6. The molecule has 0 bridgehead atoms. The van der Waals surface area contributed by atoms with Crippen molar-refractivity contribution in [1.29, 1.82) is 0 Å². The third kappa shape index (κ3) is 6.37. The molecule has 1 saturated heterocycles. The summed E-state index contributed by atoms with van der Waals surface area (Å²) in [6.07, 6.45) is 5.09. The average Bonchev–Trinajstić information content (AvgIpc) is 3.34. The van der Waals surface area contributed by atoms with Gasteiger partial charge in [-0.3, -0.25) is 4.79 Å². The van der Waals surface area contributed by atoms with Crippen molar-refractivity contribution in [3.63, 3.8) is 0 Å². The number of nitrogens with zero attached hydrogens (tertiary/aromatic N) is 2. The van der Waals surface area contributed by atoms with Crippen LogP contribution < -0.4 is 4.90 Å². The van der Waals surface area contributed by atoms with E-state index in [-0.39, 0.29) is 28.7 Å². The van der Waals surface area contributed by atoms with Crippen molar-refractivity contribution in [2.45, 2.75) is 65.8 Å². The van der Waals surface area contributed by atoms with Crippen LogP contribution in [0, 0.1) is 29.1 Å². The van der Waals surface area contributed by atoms with Crippen molar-refractivity contribution < 1.29 is 23.1 Å². The Morgan fingerprint density at radius 3 is 2.33 bits per heavy atom. The van der Waals surface area contributed by atoms with Crippen LogP contribution in [0.4, 0.5) is 5.69 Å². The van der Waals surface area contributed by atoms with Crippen LogP contribution in [0.5, 0.6) is 0 Å². The minimum Gasteiger partial charge on any atom is -0.477 e. The molecule has 1 atom stereocenters. The molecule has 9 heteroatoms. The van der Waals surface area contributed by atoms with Gasteiger partial charge in [0.15, 0.2) is 0 Å². The number of hydrogen-bond acceptors (Lipinski definition) is 5. The summed E-state index contributed by atoms with van der Waals surface area (Å²) in [4.78, 5) is 28.2. The highest BCUT2D eigenvalue weighted by molar-refractivity contribution is 7.88. The largest absolute Gasteiger partial charge is 0.477 e. The molecular formula is C24H34N2O5S2. The average molecular weight is 495 g/mol. The summed E-state index contributed by atoms with van der Waals surface area (Å²) in [6.45, 7) is 8.60. The number of carboxylic acid groups (broad SMARTS) is 1. The van der Waals surface area contributed by atoms with Gasteiger partial charge in [-0.2, -0.15) is 0 Å². The maximum atomic E-state index is 13.8. The lowest BCUT2D eigenvalue weighted by Gasteiger charge is -2.34. The topological polar surface area (TPSA) is 95.0 Å². The number of carbonyl (C=O) groups excluding carboxylic acids is 1. The summed E-state index contributed by atoms with van der Waals surface area (Å²) in [5.41, 5.74) is 0.0955. The Bertz CT molecular complexity index is 1070. The Hall–Kier alpha value is -1.89. The molecule has 1 aromatic rings. The minimum atomic E-state index is -3.40. The highest BCUT2D eigenvalue weighted by Crippen LogP contribution is 2.38. The van der Waals surface area contributed by atoms with Gasteiger partial charge >= 0.3 is 5.97 Å². The second-order valence-electron chi connectivity index (χ2n) is 10.4. The van der Waals surface area contributed by atoms with Crippen molar-refractivity contribution in [1.82, 2.24) is 4.31 Å². The quantitative estimate of drug-likeness (QED) is 0.624.